The number of benzene rings is 1. The van der Waals surface area contributed by atoms with Crippen LogP contribution in [-0.4, -0.2) is 20.0 Å². The third kappa shape index (κ3) is 3.99. The molecule has 2 atom stereocenters. The molecule has 1 aliphatic rings. The minimum atomic E-state index is -0.172. The van der Waals surface area contributed by atoms with Gasteiger partial charge < -0.3 is 14.6 Å². The van der Waals surface area contributed by atoms with Crippen molar-refractivity contribution < 1.29 is 4.42 Å². The summed E-state index contributed by atoms with van der Waals surface area (Å²) in [5, 5.41) is 4.80. The molecule has 4 heterocycles. The summed E-state index contributed by atoms with van der Waals surface area (Å²) in [7, 11) is 0. The quantitative estimate of drug-likeness (QED) is 0.376. The third-order valence-electron chi connectivity index (χ3n) is 5.63. The fraction of sp³-hybridized carbons (Fsp3) is 0.160. The van der Waals surface area contributed by atoms with E-state index in [4.69, 9.17) is 28.2 Å². The van der Waals surface area contributed by atoms with Crippen LogP contribution in [0.3, 0.4) is 0 Å². The maximum Gasteiger partial charge on any atom is 0.170 e. The van der Waals surface area contributed by atoms with Crippen LogP contribution in [-0.2, 0) is 6.54 Å². The first-order valence-electron chi connectivity index (χ1n) is 10.3. The summed E-state index contributed by atoms with van der Waals surface area (Å²) in [4.78, 5) is 11.2. The van der Waals surface area contributed by atoms with Crippen molar-refractivity contribution in [3.05, 3.63) is 107 Å². The first-order chi connectivity index (χ1) is 15.6. The van der Waals surface area contributed by atoms with Crippen LogP contribution in [0, 0.1) is 6.92 Å². The fourth-order valence-corrected chi connectivity index (χ4v) is 4.45. The topological polar surface area (TPSA) is 54.2 Å². The van der Waals surface area contributed by atoms with E-state index in [-0.39, 0.29) is 12.1 Å². The second-order valence-electron chi connectivity index (χ2n) is 7.74. The van der Waals surface area contributed by atoms with E-state index in [9.17, 15) is 0 Å². The average Bonchev–Trinajstić information content (AvgIpc) is 3.42. The van der Waals surface area contributed by atoms with Gasteiger partial charge in [0.25, 0.3) is 0 Å². The highest BCUT2D eigenvalue weighted by atomic mass is 35.5. The van der Waals surface area contributed by atoms with E-state index in [1.54, 1.807) is 12.4 Å². The molecule has 1 aromatic carbocycles. The Kier molecular flexibility index (Phi) is 5.64. The molecule has 0 radical (unpaired) electrons. The zero-order valence-corrected chi connectivity index (χ0v) is 19.0. The molecule has 1 fully saturated rings. The fourth-order valence-electron chi connectivity index (χ4n) is 3.96. The van der Waals surface area contributed by atoms with Crippen molar-refractivity contribution in [3.63, 3.8) is 0 Å². The predicted molar refractivity (Wildman–Crippen MR) is 129 cm³/mol. The highest BCUT2D eigenvalue weighted by molar-refractivity contribution is 7.80. The van der Waals surface area contributed by atoms with Crippen molar-refractivity contribution in [2.75, 3.05) is 0 Å². The summed E-state index contributed by atoms with van der Waals surface area (Å²) in [6.07, 6.45) is 3.58. The Labute approximate surface area is 197 Å². The van der Waals surface area contributed by atoms with Gasteiger partial charge in [0.05, 0.1) is 24.0 Å². The van der Waals surface area contributed by atoms with Gasteiger partial charge in [0, 0.05) is 23.0 Å². The standard InChI is InChI=1S/C25H21ClN4OS/c1-16-8-9-17(14-19(16)26)21-10-11-22(31-21)24-23(20-7-3-5-13-28-20)29-25(32)30(24)15-18-6-2-4-12-27-18/h2-14,23-24H,15H2,1H3,(H,29,32)/t23-,24-/m0/s1. The van der Waals surface area contributed by atoms with E-state index < -0.39 is 0 Å². The van der Waals surface area contributed by atoms with Crippen LogP contribution in [0.1, 0.15) is 34.8 Å². The Balaban J connectivity index is 1.54. The van der Waals surface area contributed by atoms with Gasteiger partial charge in [-0.15, -0.1) is 0 Å². The Hall–Kier alpha value is -3.22. The van der Waals surface area contributed by atoms with Crippen molar-refractivity contribution in [1.82, 2.24) is 20.2 Å². The highest BCUT2D eigenvalue weighted by Gasteiger charge is 2.41. The number of nitrogens with zero attached hydrogens (tertiary/aromatic N) is 3. The maximum absolute atomic E-state index is 6.37. The minimum absolute atomic E-state index is 0.145. The van der Waals surface area contributed by atoms with Crippen LogP contribution in [0.2, 0.25) is 5.02 Å². The molecule has 0 bridgehead atoms. The van der Waals surface area contributed by atoms with Crippen LogP contribution in [0.5, 0.6) is 0 Å². The summed E-state index contributed by atoms with van der Waals surface area (Å²) >= 11 is 12.1. The minimum Gasteiger partial charge on any atom is -0.459 e. The lowest BCUT2D eigenvalue weighted by Crippen LogP contribution is -2.29. The molecule has 1 aliphatic heterocycles. The van der Waals surface area contributed by atoms with Gasteiger partial charge in [-0.05, 0) is 67.2 Å². The lowest BCUT2D eigenvalue weighted by Gasteiger charge is -2.25. The summed E-state index contributed by atoms with van der Waals surface area (Å²) in [5.41, 5.74) is 3.80. The molecular formula is C25H21ClN4OS. The number of halogens is 1. The van der Waals surface area contributed by atoms with E-state index in [2.05, 4.69) is 20.2 Å². The summed E-state index contributed by atoms with van der Waals surface area (Å²) in [6, 6.07) is 21.4. The van der Waals surface area contributed by atoms with Gasteiger partial charge in [-0.2, -0.15) is 0 Å². The van der Waals surface area contributed by atoms with Gasteiger partial charge in [-0.25, -0.2) is 0 Å². The van der Waals surface area contributed by atoms with E-state index in [1.807, 2.05) is 73.7 Å². The average molecular weight is 461 g/mol. The molecule has 0 saturated carbocycles. The number of aryl methyl sites for hydroxylation is 1. The van der Waals surface area contributed by atoms with E-state index >= 15 is 0 Å². The van der Waals surface area contributed by atoms with Crippen LogP contribution in [0.4, 0.5) is 0 Å². The normalized spacial score (nSPS) is 18.1. The number of thiocarbonyl (C=S) groups is 1. The predicted octanol–water partition coefficient (Wildman–Crippen LogP) is 5.87. The van der Waals surface area contributed by atoms with Crippen molar-refractivity contribution in [1.29, 1.82) is 0 Å². The lowest BCUT2D eigenvalue weighted by molar-refractivity contribution is 0.267. The molecule has 0 unspecified atom stereocenters. The van der Waals surface area contributed by atoms with Gasteiger partial charge in [-0.1, -0.05) is 35.9 Å². The van der Waals surface area contributed by atoms with Crippen LogP contribution in [0.15, 0.2) is 83.5 Å². The molecule has 3 aromatic heterocycles. The SMILES string of the molecule is Cc1ccc(-c2ccc([C@H]3[C@H](c4ccccn4)NC(=S)N3Cc3ccccn3)o2)cc1Cl. The molecule has 5 nitrogen and oxygen atoms in total. The van der Waals surface area contributed by atoms with Crippen LogP contribution in [0.25, 0.3) is 11.3 Å². The molecule has 0 aliphatic carbocycles. The molecule has 0 spiro atoms. The van der Waals surface area contributed by atoms with Crippen LogP contribution >= 0.6 is 23.8 Å². The Morgan fingerprint density at radius 3 is 2.56 bits per heavy atom. The first kappa shape index (κ1) is 20.7. The van der Waals surface area contributed by atoms with Crippen molar-refractivity contribution in [3.8, 4) is 11.3 Å². The molecule has 4 aromatic rings. The Bertz CT molecular complexity index is 1250. The number of pyridine rings is 2. The van der Waals surface area contributed by atoms with E-state index in [1.165, 1.54) is 0 Å². The molecular weight excluding hydrogens is 440 g/mol. The number of furan rings is 1. The van der Waals surface area contributed by atoms with E-state index in [0.29, 0.717) is 16.7 Å². The van der Waals surface area contributed by atoms with Gasteiger partial charge in [0.15, 0.2) is 5.11 Å². The Morgan fingerprint density at radius 1 is 1.03 bits per heavy atom. The highest BCUT2D eigenvalue weighted by Crippen LogP contribution is 2.41. The number of rotatable bonds is 5. The third-order valence-corrected chi connectivity index (χ3v) is 6.39. The monoisotopic (exact) mass is 460 g/mol. The van der Waals surface area contributed by atoms with Crippen molar-refractivity contribution in [2.24, 2.45) is 0 Å². The summed E-state index contributed by atoms with van der Waals surface area (Å²) < 4.78 is 6.37. The summed E-state index contributed by atoms with van der Waals surface area (Å²) in [6.45, 7) is 2.55. The van der Waals surface area contributed by atoms with Gasteiger partial charge in [-0.3, -0.25) is 9.97 Å². The molecule has 1 N–H and O–H groups in total. The molecule has 0 amide bonds. The second-order valence-corrected chi connectivity index (χ2v) is 8.54. The van der Waals surface area contributed by atoms with Gasteiger partial charge >= 0.3 is 0 Å². The molecule has 160 valence electrons. The smallest absolute Gasteiger partial charge is 0.170 e. The van der Waals surface area contributed by atoms with Crippen LogP contribution < -0.4 is 5.32 Å². The lowest BCUT2D eigenvalue weighted by atomic mass is 10.0. The molecule has 32 heavy (non-hydrogen) atoms. The number of aromatic nitrogens is 2. The van der Waals surface area contributed by atoms with Crippen molar-refractivity contribution >= 4 is 28.9 Å². The largest absolute Gasteiger partial charge is 0.459 e. The van der Waals surface area contributed by atoms with Crippen molar-refractivity contribution in [2.45, 2.75) is 25.6 Å². The Morgan fingerprint density at radius 2 is 1.84 bits per heavy atom. The number of hydrogen-bond donors (Lipinski definition) is 1. The molecule has 1 saturated heterocycles. The van der Waals surface area contributed by atoms with Gasteiger partial charge in [0.1, 0.15) is 17.6 Å². The number of nitrogens with one attached hydrogen (secondary N) is 1. The molecule has 7 heteroatoms. The second kappa shape index (κ2) is 8.73. The molecule has 5 rings (SSSR count). The van der Waals surface area contributed by atoms with E-state index in [0.717, 1.165) is 34.0 Å². The maximum atomic E-state index is 6.37. The first-order valence-corrected chi connectivity index (χ1v) is 11.1. The van der Waals surface area contributed by atoms with Gasteiger partial charge in [0.2, 0.25) is 0 Å². The zero-order chi connectivity index (χ0) is 22.1. The zero-order valence-electron chi connectivity index (χ0n) is 17.4. The summed E-state index contributed by atoms with van der Waals surface area (Å²) in [5.74, 6) is 1.56. The number of hydrogen-bond acceptors (Lipinski definition) is 4.